The second-order valence-corrected chi connectivity index (χ2v) is 7.46. The molecular formula is C20H31N5O2. The molecular weight excluding hydrogens is 342 g/mol. The Labute approximate surface area is 160 Å². The summed E-state index contributed by atoms with van der Waals surface area (Å²) in [5, 5.41) is 0. The topological polar surface area (TPSA) is 86.3 Å². The fourth-order valence-electron chi connectivity index (χ4n) is 3.91. The molecule has 3 rings (SSSR count). The molecule has 3 heterocycles. The summed E-state index contributed by atoms with van der Waals surface area (Å²) in [7, 11) is 1.70. The Bertz CT molecular complexity index is 752. The summed E-state index contributed by atoms with van der Waals surface area (Å²) in [6.45, 7) is 5.12. The van der Waals surface area contributed by atoms with Crippen LogP contribution in [0.1, 0.15) is 44.5 Å². The predicted molar refractivity (Wildman–Crippen MR) is 105 cm³/mol. The highest BCUT2D eigenvalue weighted by atomic mass is 16.5. The van der Waals surface area contributed by atoms with Crippen LogP contribution in [0.5, 0.6) is 0 Å². The van der Waals surface area contributed by atoms with Gasteiger partial charge in [-0.25, -0.2) is 9.97 Å². The van der Waals surface area contributed by atoms with E-state index in [0.717, 1.165) is 62.3 Å². The van der Waals surface area contributed by atoms with Gasteiger partial charge in [0, 0.05) is 39.2 Å². The lowest BCUT2D eigenvalue weighted by Crippen LogP contribution is -2.40. The first-order valence-electron chi connectivity index (χ1n) is 9.92. The maximum Gasteiger partial charge on any atom is 0.222 e. The Morgan fingerprint density at radius 2 is 2.19 bits per heavy atom. The van der Waals surface area contributed by atoms with E-state index in [-0.39, 0.29) is 11.9 Å². The molecule has 0 radical (unpaired) electrons. The summed E-state index contributed by atoms with van der Waals surface area (Å²) < 4.78 is 7.47. The van der Waals surface area contributed by atoms with Gasteiger partial charge in [0.05, 0.1) is 12.6 Å². The molecule has 7 nitrogen and oxygen atoms in total. The number of amides is 1. The number of piperidine rings is 1. The van der Waals surface area contributed by atoms with Crippen LogP contribution >= 0.6 is 0 Å². The van der Waals surface area contributed by atoms with Crippen LogP contribution in [-0.4, -0.2) is 58.7 Å². The second kappa shape index (κ2) is 9.28. The molecule has 1 fully saturated rings. The number of nitrogens with two attached hydrogens (primary N) is 1. The number of imidazole rings is 1. The van der Waals surface area contributed by atoms with Crippen LogP contribution in [0.25, 0.3) is 11.2 Å². The molecule has 0 bridgehead atoms. The van der Waals surface area contributed by atoms with E-state index < -0.39 is 0 Å². The molecule has 148 valence electrons. The molecule has 1 unspecified atom stereocenters. The number of pyridine rings is 1. The SMILES string of the molecule is COCC(C)n1c(CCCC(=O)N2CCC(CN)CC2)nc2cccnc21. The van der Waals surface area contributed by atoms with Crippen LogP contribution in [0.3, 0.4) is 0 Å². The maximum atomic E-state index is 12.5. The number of rotatable bonds is 8. The quantitative estimate of drug-likeness (QED) is 0.766. The number of ether oxygens (including phenoxy) is 1. The predicted octanol–water partition coefficient (Wildman–Crippen LogP) is 2.16. The third-order valence-corrected chi connectivity index (χ3v) is 5.46. The molecule has 2 N–H and O–H groups in total. The van der Waals surface area contributed by atoms with Gasteiger partial charge in [-0.2, -0.15) is 0 Å². The summed E-state index contributed by atoms with van der Waals surface area (Å²) in [6, 6.07) is 4.03. The van der Waals surface area contributed by atoms with Crippen LogP contribution in [0, 0.1) is 5.92 Å². The fourth-order valence-corrected chi connectivity index (χ4v) is 3.91. The Morgan fingerprint density at radius 1 is 1.41 bits per heavy atom. The Hall–Kier alpha value is -1.99. The van der Waals surface area contributed by atoms with Crippen LogP contribution < -0.4 is 5.73 Å². The van der Waals surface area contributed by atoms with Crippen molar-refractivity contribution in [2.45, 2.75) is 45.1 Å². The minimum Gasteiger partial charge on any atom is -0.383 e. The van der Waals surface area contributed by atoms with Crippen molar-refractivity contribution < 1.29 is 9.53 Å². The zero-order valence-electron chi connectivity index (χ0n) is 16.4. The highest BCUT2D eigenvalue weighted by molar-refractivity contribution is 5.76. The molecule has 7 heteroatoms. The molecule has 0 spiro atoms. The molecule has 1 aliphatic heterocycles. The van der Waals surface area contributed by atoms with Gasteiger partial charge in [-0.1, -0.05) is 0 Å². The number of carbonyl (C=O) groups is 1. The van der Waals surface area contributed by atoms with E-state index >= 15 is 0 Å². The number of methoxy groups -OCH3 is 1. The van der Waals surface area contributed by atoms with Gasteiger partial charge >= 0.3 is 0 Å². The zero-order chi connectivity index (χ0) is 19.2. The van der Waals surface area contributed by atoms with Gasteiger partial charge in [-0.15, -0.1) is 0 Å². The summed E-state index contributed by atoms with van der Waals surface area (Å²) in [5.74, 6) is 1.79. The second-order valence-electron chi connectivity index (χ2n) is 7.46. The standard InChI is InChI=1S/C20H31N5O2/c1-15(14-27-2)25-18(23-17-5-4-10-22-20(17)25)6-3-7-19(26)24-11-8-16(13-21)9-12-24/h4-5,10,15-16H,3,6-9,11-14,21H2,1-2H3. The number of hydrogen-bond donors (Lipinski definition) is 1. The van der Waals surface area contributed by atoms with Crippen molar-refractivity contribution in [3.8, 4) is 0 Å². The highest BCUT2D eigenvalue weighted by Crippen LogP contribution is 2.22. The number of likely N-dealkylation sites (tertiary alicyclic amines) is 1. The number of hydrogen-bond acceptors (Lipinski definition) is 5. The Kier molecular flexibility index (Phi) is 6.79. The van der Waals surface area contributed by atoms with Gasteiger partial charge in [0.15, 0.2) is 5.65 Å². The van der Waals surface area contributed by atoms with Gasteiger partial charge < -0.3 is 19.9 Å². The first-order valence-corrected chi connectivity index (χ1v) is 9.92. The average Bonchev–Trinajstić information content (AvgIpc) is 3.06. The van der Waals surface area contributed by atoms with Gasteiger partial charge in [-0.05, 0) is 50.8 Å². The highest BCUT2D eigenvalue weighted by Gasteiger charge is 2.22. The number of fused-ring (bicyclic) bond motifs is 1. The van der Waals surface area contributed by atoms with Crippen molar-refractivity contribution in [2.24, 2.45) is 11.7 Å². The van der Waals surface area contributed by atoms with Crippen molar-refractivity contribution in [3.05, 3.63) is 24.2 Å². The molecule has 1 amide bonds. The lowest BCUT2D eigenvalue weighted by molar-refractivity contribution is -0.132. The molecule has 1 saturated heterocycles. The van der Waals surface area contributed by atoms with E-state index in [0.29, 0.717) is 18.9 Å². The van der Waals surface area contributed by atoms with Gasteiger partial charge in [0.1, 0.15) is 11.3 Å². The largest absolute Gasteiger partial charge is 0.383 e. The molecule has 1 aliphatic rings. The van der Waals surface area contributed by atoms with Gasteiger partial charge in [0.2, 0.25) is 5.91 Å². The van der Waals surface area contributed by atoms with E-state index in [4.69, 9.17) is 15.5 Å². The smallest absolute Gasteiger partial charge is 0.222 e. The summed E-state index contributed by atoms with van der Waals surface area (Å²) in [5.41, 5.74) is 7.51. The minimum absolute atomic E-state index is 0.149. The number of carbonyl (C=O) groups excluding carboxylic acids is 1. The summed E-state index contributed by atoms with van der Waals surface area (Å²) in [4.78, 5) is 23.8. The van der Waals surface area contributed by atoms with Crippen LogP contribution in [0.2, 0.25) is 0 Å². The molecule has 0 aliphatic carbocycles. The van der Waals surface area contributed by atoms with Crippen molar-refractivity contribution >= 4 is 17.1 Å². The fraction of sp³-hybridized carbons (Fsp3) is 0.650. The molecule has 2 aromatic heterocycles. The summed E-state index contributed by atoms with van der Waals surface area (Å²) >= 11 is 0. The normalized spacial score (nSPS) is 16.8. The molecule has 0 aromatic carbocycles. The Morgan fingerprint density at radius 3 is 2.89 bits per heavy atom. The lowest BCUT2D eigenvalue weighted by atomic mass is 9.97. The minimum atomic E-state index is 0.149. The van der Waals surface area contributed by atoms with Crippen LogP contribution in [0.15, 0.2) is 18.3 Å². The van der Waals surface area contributed by atoms with E-state index in [9.17, 15) is 4.79 Å². The third kappa shape index (κ3) is 4.65. The van der Waals surface area contributed by atoms with Gasteiger partial charge in [0.25, 0.3) is 0 Å². The number of aryl methyl sites for hydroxylation is 1. The third-order valence-electron chi connectivity index (χ3n) is 5.46. The van der Waals surface area contributed by atoms with Crippen molar-refractivity contribution in [1.29, 1.82) is 0 Å². The van der Waals surface area contributed by atoms with Crippen molar-refractivity contribution in [1.82, 2.24) is 19.4 Å². The summed E-state index contributed by atoms with van der Waals surface area (Å²) in [6.07, 6.45) is 5.95. The van der Waals surface area contributed by atoms with Crippen molar-refractivity contribution in [3.63, 3.8) is 0 Å². The monoisotopic (exact) mass is 373 g/mol. The first kappa shape index (κ1) is 19.8. The first-order chi connectivity index (χ1) is 13.1. The number of aromatic nitrogens is 3. The molecule has 2 aromatic rings. The maximum absolute atomic E-state index is 12.5. The van der Waals surface area contributed by atoms with Crippen LogP contribution in [0.4, 0.5) is 0 Å². The molecule has 27 heavy (non-hydrogen) atoms. The lowest BCUT2D eigenvalue weighted by Gasteiger charge is -2.31. The van der Waals surface area contributed by atoms with E-state index in [1.807, 2.05) is 17.0 Å². The van der Waals surface area contributed by atoms with E-state index in [2.05, 4.69) is 16.5 Å². The Balaban J connectivity index is 1.61. The van der Waals surface area contributed by atoms with E-state index in [1.165, 1.54) is 0 Å². The van der Waals surface area contributed by atoms with Gasteiger partial charge in [-0.3, -0.25) is 4.79 Å². The molecule has 1 atom stereocenters. The zero-order valence-corrected chi connectivity index (χ0v) is 16.4. The van der Waals surface area contributed by atoms with E-state index in [1.54, 1.807) is 13.3 Å². The van der Waals surface area contributed by atoms with Crippen LogP contribution in [-0.2, 0) is 16.0 Å². The average molecular weight is 374 g/mol. The molecule has 0 saturated carbocycles. The number of nitrogens with zero attached hydrogens (tertiary/aromatic N) is 4. The van der Waals surface area contributed by atoms with Crippen molar-refractivity contribution in [2.75, 3.05) is 33.4 Å².